The molecular formula is C6H6FN3. The fourth-order valence-electron chi connectivity index (χ4n) is 0.552. The van der Waals surface area contributed by atoms with Gasteiger partial charge in [0.05, 0.1) is 0 Å². The Bertz CT molecular complexity index is 259. The van der Waals surface area contributed by atoms with Crippen LogP contribution >= 0.6 is 0 Å². The number of hydrogen-bond acceptors (Lipinski definition) is 2. The smallest absolute Gasteiger partial charge is 0.141 e. The van der Waals surface area contributed by atoms with Crippen LogP contribution in [0.4, 0.5) is 4.39 Å². The number of pyridine rings is 1. The Morgan fingerprint density at radius 3 is 2.80 bits per heavy atom. The summed E-state index contributed by atoms with van der Waals surface area (Å²) in [6.45, 7) is 0. The third-order valence-corrected chi connectivity index (χ3v) is 0.998. The van der Waals surface area contributed by atoms with Gasteiger partial charge < -0.3 is 5.73 Å². The van der Waals surface area contributed by atoms with Gasteiger partial charge in [-0.3, -0.25) is 10.4 Å². The van der Waals surface area contributed by atoms with Crippen molar-refractivity contribution in [2.45, 2.75) is 0 Å². The summed E-state index contributed by atoms with van der Waals surface area (Å²) in [5.41, 5.74) is 5.20. The molecule has 52 valence electrons. The third-order valence-electron chi connectivity index (χ3n) is 0.998. The first-order valence-electron chi connectivity index (χ1n) is 2.66. The SMILES string of the molecule is N=C(N)c1cc(F)ccn1. The number of amidine groups is 1. The number of hydrogen-bond donors (Lipinski definition) is 2. The minimum absolute atomic E-state index is 0.167. The van der Waals surface area contributed by atoms with E-state index in [1.165, 1.54) is 12.3 Å². The number of aromatic nitrogens is 1. The Hall–Kier alpha value is -1.45. The summed E-state index contributed by atoms with van der Waals surface area (Å²) >= 11 is 0. The molecular weight excluding hydrogens is 133 g/mol. The minimum Gasteiger partial charge on any atom is -0.382 e. The van der Waals surface area contributed by atoms with Crippen molar-refractivity contribution in [3.63, 3.8) is 0 Å². The zero-order valence-corrected chi connectivity index (χ0v) is 5.13. The second kappa shape index (κ2) is 2.43. The topological polar surface area (TPSA) is 62.8 Å². The number of nitrogen functional groups attached to an aromatic ring is 1. The number of nitrogens with two attached hydrogens (primary N) is 1. The monoisotopic (exact) mass is 139 g/mol. The molecule has 0 amide bonds. The summed E-state index contributed by atoms with van der Waals surface area (Å²) in [6, 6.07) is 2.31. The highest BCUT2D eigenvalue weighted by molar-refractivity contribution is 5.92. The van der Waals surface area contributed by atoms with E-state index in [9.17, 15) is 4.39 Å². The van der Waals surface area contributed by atoms with Crippen LogP contribution in [-0.4, -0.2) is 10.8 Å². The quantitative estimate of drug-likeness (QED) is 0.439. The van der Waals surface area contributed by atoms with Crippen molar-refractivity contribution >= 4 is 5.84 Å². The highest BCUT2D eigenvalue weighted by atomic mass is 19.1. The normalized spacial score (nSPS) is 9.30. The summed E-state index contributed by atoms with van der Waals surface area (Å²) in [4.78, 5) is 3.65. The van der Waals surface area contributed by atoms with Gasteiger partial charge >= 0.3 is 0 Å². The predicted octanol–water partition coefficient (Wildman–Crippen LogP) is 0.505. The molecule has 0 aromatic carbocycles. The van der Waals surface area contributed by atoms with Crippen molar-refractivity contribution in [2.75, 3.05) is 0 Å². The highest BCUT2D eigenvalue weighted by Gasteiger charge is 1.97. The zero-order chi connectivity index (χ0) is 7.56. The lowest BCUT2D eigenvalue weighted by Crippen LogP contribution is -2.12. The highest BCUT2D eigenvalue weighted by Crippen LogP contribution is 1.97. The minimum atomic E-state index is -0.430. The lowest BCUT2D eigenvalue weighted by atomic mass is 10.3. The van der Waals surface area contributed by atoms with Crippen LogP contribution in [0.2, 0.25) is 0 Å². The van der Waals surface area contributed by atoms with E-state index >= 15 is 0 Å². The average Bonchev–Trinajstić information content (AvgIpc) is 1.88. The van der Waals surface area contributed by atoms with Crippen LogP contribution in [-0.2, 0) is 0 Å². The molecule has 1 aromatic heterocycles. The molecule has 0 atom stereocenters. The van der Waals surface area contributed by atoms with Crippen LogP contribution in [0.15, 0.2) is 18.3 Å². The van der Waals surface area contributed by atoms with E-state index in [0.717, 1.165) is 6.07 Å². The molecule has 1 aromatic rings. The van der Waals surface area contributed by atoms with Crippen molar-refractivity contribution in [3.05, 3.63) is 29.8 Å². The average molecular weight is 139 g/mol. The lowest BCUT2D eigenvalue weighted by molar-refractivity contribution is 0.625. The van der Waals surface area contributed by atoms with Crippen molar-refractivity contribution in [1.29, 1.82) is 5.41 Å². The molecule has 3 nitrogen and oxygen atoms in total. The number of nitrogens with zero attached hydrogens (tertiary/aromatic N) is 1. The van der Waals surface area contributed by atoms with E-state index in [-0.39, 0.29) is 11.5 Å². The van der Waals surface area contributed by atoms with E-state index < -0.39 is 5.82 Å². The number of halogens is 1. The second-order valence-corrected chi connectivity index (χ2v) is 1.77. The van der Waals surface area contributed by atoms with Crippen molar-refractivity contribution < 1.29 is 4.39 Å². The van der Waals surface area contributed by atoms with Gasteiger partial charge in [-0.05, 0) is 6.07 Å². The number of rotatable bonds is 1. The third kappa shape index (κ3) is 1.28. The van der Waals surface area contributed by atoms with Gasteiger partial charge in [-0.1, -0.05) is 0 Å². The zero-order valence-electron chi connectivity index (χ0n) is 5.13. The second-order valence-electron chi connectivity index (χ2n) is 1.77. The Morgan fingerprint density at radius 1 is 1.70 bits per heavy atom. The molecule has 1 heterocycles. The fraction of sp³-hybridized carbons (Fsp3) is 0. The van der Waals surface area contributed by atoms with Crippen LogP contribution in [0.5, 0.6) is 0 Å². The van der Waals surface area contributed by atoms with Crippen LogP contribution in [0.3, 0.4) is 0 Å². The summed E-state index contributed by atoms with van der Waals surface area (Å²) in [7, 11) is 0. The fourth-order valence-corrected chi connectivity index (χ4v) is 0.552. The van der Waals surface area contributed by atoms with Crippen molar-refractivity contribution in [2.24, 2.45) is 5.73 Å². The summed E-state index contributed by atoms with van der Waals surface area (Å²) in [5, 5.41) is 6.88. The van der Waals surface area contributed by atoms with Gasteiger partial charge in [0.2, 0.25) is 0 Å². The summed E-state index contributed by atoms with van der Waals surface area (Å²) < 4.78 is 12.3. The van der Waals surface area contributed by atoms with Gasteiger partial charge in [-0.15, -0.1) is 0 Å². The van der Waals surface area contributed by atoms with Crippen LogP contribution in [0, 0.1) is 11.2 Å². The molecule has 0 aliphatic rings. The van der Waals surface area contributed by atoms with Gasteiger partial charge in [-0.25, -0.2) is 4.39 Å². The predicted molar refractivity (Wildman–Crippen MR) is 35.2 cm³/mol. The van der Waals surface area contributed by atoms with Gasteiger partial charge in [0.1, 0.15) is 17.3 Å². The molecule has 1 rings (SSSR count). The van der Waals surface area contributed by atoms with Crippen LogP contribution in [0.1, 0.15) is 5.69 Å². The van der Waals surface area contributed by atoms with E-state index in [0.29, 0.717) is 0 Å². The largest absolute Gasteiger partial charge is 0.382 e. The Balaban J connectivity index is 3.07. The molecule has 0 fully saturated rings. The van der Waals surface area contributed by atoms with Crippen molar-refractivity contribution in [3.8, 4) is 0 Å². The maximum atomic E-state index is 12.3. The van der Waals surface area contributed by atoms with E-state index in [2.05, 4.69) is 4.98 Å². The van der Waals surface area contributed by atoms with E-state index in [1.807, 2.05) is 0 Å². The maximum Gasteiger partial charge on any atom is 0.141 e. The Labute approximate surface area is 57.2 Å². The van der Waals surface area contributed by atoms with Gasteiger partial charge in [0, 0.05) is 12.3 Å². The molecule has 10 heavy (non-hydrogen) atoms. The summed E-state index contributed by atoms with van der Waals surface area (Å²) in [5.74, 6) is -0.653. The van der Waals surface area contributed by atoms with Crippen molar-refractivity contribution in [1.82, 2.24) is 4.98 Å². The first-order valence-corrected chi connectivity index (χ1v) is 2.66. The first kappa shape index (κ1) is 6.67. The Morgan fingerprint density at radius 2 is 2.40 bits per heavy atom. The molecule has 0 aliphatic heterocycles. The molecule has 0 radical (unpaired) electrons. The molecule has 0 unspecified atom stereocenters. The molecule has 3 N–H and O–H groups in total. The summed E-state index contributed by atoms with van der Waals surface area (Å²) in [6.07, 6.45) is 1.27. The van der Waals surface area contributed by atoms with Crippen LogP contribution in [0.25, 0.3) is 0 Å². The molecule has 4 heteroatoms. The molecule has 0 aliphatic carbocycles. The van der Waals surface area contributed by atoms with Crippen LogP contribution < -0.4 is 5.73 Å². The van der Waals surface area contributed by atoms with Gasteiger partial charge in [0.15, 0.2) is 0 Å². The van der Waals surface area contributed by atoms with Gasteiger partial charge in [-0.2, -0.15) is 0 Å². The molecule has 0 bridgehead atoms. The lowest BCUT2D eigenvalue weighted by Gasteiger charge is -1.94. The Kier molecular flexibility index (Phi) is 1.62. The maximum absolute atomic E-state index is 12.3. The van der Waals surface area contributed by atoms with E-state index in [4.69, 9.17) is 11.1 Å². The van der Waals surface area contributed by atoms with E-state index in [1.54, 1.807) is 0 Å². The first-order chi connectivity index (χ1) is 4.70. The van der Waals surface area contributed by atoms with Gasteiger partial charge in [0.25, 0.3) is 0 Å². The number of nitrogens with one attached hydrogen (secondary N) is 1. The molecule has 0 spiro atoms. The molecule has 0 saturated heterocycles. The standard InChI is InChI=1S/C6H6FN3/c7-4-1-2-10-5(3-4)6(8)9/h1-3H,(H3,8,9). The molecule has 0 saturated carbocycles.